The summed E-state index contributed by atoms with van der Waals surface area (Å²) in [6.07, 6.45) is -0.664. The molecule has 0 saturated carbocycles. The van der Waals surface area contributed by atoms with Gasteiger partial charge in [-0.2, -0.15) is 0 Å². The third kappa shape index (κ3) is 2.19. The summed E-state index contributed by atoms with van der Waals surface area (Å²) in [5.74, 6) is -0.388. The van der Waals surface area contributed by atoms with Gasteiger partial charge >= 0.3 is 6.03 Å². The SMILES string of the molecule is COC1CNC(=O)N(c2ccc(C)c(Cl)c2)C1=O. The van der Waals surface area contributed by atoms with Crippen molar-refractivity contribution in [2.24, 2.45) is 0 Å². The molecule has 0 bridgehead atoms. The Kier molecular flexibility index (Phi) is 3.54. The van der Waals surface area contributed by atoms with Crippen LogP contribution >= 0.6 is 11.6 Å². The van der Waals surface area contributed by atoms with Crippen molar-refractivity contribution in [3.63, 3.8) is 0 Å². The first kappa shape index (κ1) is 12.9. The van der Waals surface area contributed by atoms with Gasteiger partial charge in [-0.3, -0.25) is 4.79 Å². The lowest BCUT2D eigenvalue weighted by Crippen LogP contribution is -2.58. The molecule has 96 valence electrons. The number of aryl methyl sites for hydroxylation is 1. The first-order valence-corrected chi connectivity index (χ1v) is 5.83. The average molecular weight is 269 g/mol. The van der Waals surface area contributed by atoms with Gasteiger partial charge in [0, 0.05) is 12.1 Å². The summed E-state index contributed by atoms with van der Waals surface area (Å²) in [5.41, 5.74) is 1.32. The summed E-state index contributed by atoms with van der Waals surface area (Å²) in [5, 5.41) is 3.10. The van der Waals surface area contributed by atoms with Crippen molar-refractivity contribution in [1.29, 1.82) is 0 Å². The van der Waals surface area contributed by atoms with E-state index in [9.17, 15) is 9.59 Å². The van der Waals surface area contributed by atoms with Gasteiger partial charge in [0.05, 0.1) is 12.2 Å². The van der Waals surface area contributed by atoms with Gasteiger partial charge in [-0.15, -0.1) is 0 Å². The van der Waals surface area contributed by atoms with E-state index in [1.165, 1.54) is 7.11 Å². The predicted octanol–water partition coefficient (Wildman–Crippen LogP) is 1.72. The molecule has 6 heteroatoms. The number of amides is 3. The van der Waals surface area contributed by atoms with E-state index in [-0.39, 0.29) is 12.5 Å². The summed E-state index contributed by atoms with van der Waals surface area (Å²) < 4.78 is 5.02. The fourth-order valence-corrected chi connectivity index (χ4v) is 1.91. The standard InChI is InChI=1S/C12H13ClN2O3/c1-7-3-4-8(5-9(7)13)15-11(16)10(18-2)6-14-12(15)17/h3-5,10H,6H2,1-2H3,(H,14,17). The largest absolute Gasteiger partial charge is 0.370 e. The van der Waals surface area contributed by atoms with Crippen molar-refractivity contribution in [1.82, 2.24) is 5.32 Å². The quantitative estimate of drug-likeness (QED) is 0.888. The number of anilines is 1. The van der Waals surface area contributed by atoms with Crippen LogP contribution in [0.3, 0.4) is 0 Å². The van der Waals surface area contributed by atoms with Crippen LogP contribution in [0.1, 0.15) is 5.56 Å². The Bertz CT molecular complexity index is 504. The number of benzene rings is 1. The van der Waals surface area contributed by atoms with Gasteiger partial charge in [-0.1, -0.05) is 17.7 Å². The van der Waals surface area contributed by atoms with Crippen LogP contribution in [0.15, 0.2) is 18.2 Å². The van der Waals surface area contributed by atoms with E-state index in [1.807, 2.05) is 6.92 Å². The number of carbonyl (C=O) groups is 2. The first-order valence-electron chi connectivity index (χ1n) is 5.45. The molecule has 1 aliphatic heterocycles. The van der Waals surface area contributed by atoms with Crippen LogP contribution in [0.2, 0.25) is 5.02 Å². The van der Waals surface area contributed by atoms with Crippen LogP contribution in [0.5, 0.6) is 0 Å². The van der Waals surface area contributed by atoms with E-state index >= 15 is 0 Å². The normalized spacial score (nSPS) is 19.9. The number of rotatable bonds is 2. The van der Waals surface area contributed by atoms with Gasteiger partial charge in [-0.25, -0.2) is 9.69 Å². The van der Waals surface area contributed by atoms with Crippen molar-refractivity contribution < 1.29 is 14.3 Å². The van der Waals surface area contributed by atoms with Gasteiger partial charge in [0.1, 0.15) is 0 Å². The second kappa shape index (κ2) is 4.96. The number of halogens is 1. The maximum absolute atomic E-state index is 12.1. The molecular formula is C12H13ClN2O3. The summed E-state index contributed by atoms with van der Waals surface area (Å²) in [6.45, 7) is 2.03. The Balaban J connectivity index is 2.37. The average Bonchev–Trinajstić information content (AvgIpc) is 2.34. The number of carbonyl (C=O) groups excluding carboxylic acids is 2. The van der Waals surface area contributed by atoms with E-state index in [0.717, 1.165) is 10.5 Å². The Labute approximate surface area is 110 Å². The highest BCUT2D eigenvalue weighted by Gasteiger charge is 2.35. The molecule has 1 aliphatic rings. The van der Waals surface area contributed by atoms with Crippen molar-refractivity contribution in [2.45, 2.75) is 13.0 Å². The molecule has 0 aromatic heterocycles. The highest BCUT2D eigenvalue weighted by Crippen LogP contribution is 2.25. The van der Waals surface area contributed by atoms with Crippen molar-refractivity contribution in [3.05, 3.63) is 28.8 Å². The Morgan fingerprint density at radius 3 is 2.78 bits per heavy atom. The molecule has 1 aromatic rings. The monoisotopic (exact) mass is 268 g/mol. The molecule has 3 amide bonds. The zero-order valence-electron chi connectivity index (χ0n) is 10.1. The van der Waals surface area contributed by atoms with Crippen molar-refractivity contribution in [2.75, 3.05) is 18.6 Å². The molecule has 0 radical (unpaired) electrons. The van der Waals surface area contributed by atoms with Gasteiger partial charge in [0.25, 0.3) is 5.91 Å². The van der Waals surface area contributed by atoms with Crippen LogP contribution < -0.4 is 10.2 Å². The highest BCUT2D eigenvalue weighted by molar-refractivity contribution is 6.32. The summed E-state index contributed by atoms with van der Waals surface area (Å²) in [4.78, 5) is 24.9. The molecule has 1 N–H and O–H groups in total. The Morgan fingerprint density at radius 2 is 2.17 bits per heavy atom. The number of nitrogens with zero attached hydrogens (tertiary/aromatic N) is 1. The van der Waals surface area contributed by atoms with E-state index in [1.54, 1.807) is 18.2 Å². The smallest absolute Gasteiger partial charge is 0.328 e. The van der Waals surface area contributed by atoms with Crippen LogP contribution in [0.25, 0.3) is 0 Å². The molecule has 18 heavy (non-hydrogen) atoms. The molecule has 1 saturated heterocycles. The lowest BCUT2D eigenvalue weighted by Gasteiger charge is -2.30. The second-order valence-electron chi connectivity index (χ2n) is 4.02. The van der Waals surface area contributed by atoms with E-state index in [2.05, 4.69) is 5.32 Å². The van der Waals surface area contributed by atoms with E-state index < -0.39 is 12.1 Å². The minimum absolute atomic E-state index is 0.185. The zero-order valence-corrected chi connectivity index (χ0v) is 10.8. The second-order valence-corrected chi connectivity index (χ2v) is 4.42. The number of nitrogens with one attached hydrogen (secondary N) is 1. The third-order valence-corrected chi connectivity index (χ3v) is 3.24. The zero-order chi connectivity index (χ0) is 13.3. The van der Waals surface area contributed by atoms with Crippen LogP contribution in [-0.4, -0.2) is 31.7 Å². The third-order valence-electron chi connectivity index (χ3n) is 2.84. The molecule has 2 rings (SSSR count). The molecule has 1 heterocycles. The van der Waals surface area contributed by atoms with Gasteiger partial charge < -0.3 is 10.1 Å². The number of imide groups is 1. The van der Waals surface area contributed by atoms with E-state index in [4.69, 9.17) is 16.3 Å². The van der Waals surface area contributed by atoms with Crippen LogP contribution in [-0.2, 0) is 9.53 Å². The summed E-state index contributed by atoms with van der Waals surface area (Å²) in [6, 6.07) is 4.56. The lowest BCUT2D eigenvalue weighted by atomic mass is 10.2. The predicted molar refractivity (Wildman–Crippen MR) is 67.9 cm³/mol. The maximum atomic E-state index is 12.1. The highest BCUT2D eigenvalue weighted by atomic mass is 35.5. The molecule has 1 aromatic carbocycles. The fourth-order valence-electron chi connectivity index (χ4n) is 1.74. The number of hydrogen-bond acceptors (Lipinski definition) is 3. The molecule has 0 spiro atoms. The van der Waals surface area contributed by atoms with Crippen LogP contribution in [0, 0.1) is 6.92 Å². The number of ether oxygens (including phenoxy) is 1. The lowest BCUT2D eigenvalue weighted by molar-refractivity contribution is -0.128. The fraction of sp³-hybridized carbons (Fsp3) is 0.333. The number of methoxy groups -OCH3 is 1. The van der Waals surface area contributed by atoms with Gasteiger partial charge in [0.2, 0.25) is 0 Å². The van der Waals surface area contributed by atoms with Gasteiger partial charge in [-0.05, 0) is 24.6 Å². The van der Waals surface area contributed by atoms with Crippen LogP contribution in [0.4, 0.5) is 10.5 Å². The Hall–Kier alpha value is -1.59. The summed E-state index contributed by atoms with van der Waals surface area (Å²) in [7, 11) is 1.43. The molecule has 0 aliphatic carbocycles. The number of hydrogen-bond donors (Lipinski definition) is 1. The van der Waals surface area contributed by atoms with E-state index in [0.29, 0.717) is 10.7 Å². The number of urea groups is 1. The van der Waals surface area contributed by atoms with Crippen molar-refractivity contribution >= 4 is 29.2 Å². The molecular weight excluding hydrogens is 256 g/mol. The topological polar surface area (TPSA) is 58.6 Å². The van der Waals surface area contributed by atoms with Gasteiger partial charge in [0.15, 0.2) is 6.10 Å². The van der Waals surface area contributed by atoms with Crippen molar-refractivity contribution in [3.8, 4) is 0 Å². The minimum Gasteiger partial charge on any atom is -0.370 e. The molecule has 5 nitrogen and oxygen atoms in total. The molecule has 1 atom stereocenters. The minimum atomic E-state index is -0.664. The first-order chi connectivity index (χ1) is 8.54. The Morgan fingerprint density at radius 1 is 1.44 bits per heavy atom. The molecule has 1 fully saturated rings. The maximum Gasteiger partial charge on any atom is 0.328 e. The molecule has 1 unspecified atom stereocenters. The summed E-state index contributed by atoms with van der Waals surface area (Å²) >= 11 is 6.00.